The minimum Gasteiger partial charge on any atom is -0.349 e. The van der Waals surface area contributed by atoms with Gasteiger partial charge in [0.15, 0.2) is 5.82 Å². The predicted molar refractivity (Wildman–Crippen MR) is 96.4 cm³/mol. The summed E-state index contributed by atoms with van der Waals surface area (Å²) in [5.74, 6) is -1.17. The Morgan fingerprint density at radius 3 is 2.78 bits per heavy atom. The summed E-state index contributed by atoms with van der Waals surface area (Å²) < 4.78 is 33.5. The monoisotopic (exact) mass is 401 g/mol. The van der Waals surface area contributed by atoms with E-state index >= 15 is 0 Å². The molecule has 1 aromatic heterocycles. The zero-order valence-corrected chi connectivity index (χ0v) is 15.9. The normalized spacial score (nSPS) is 18.6. The smallest absolute Gasteiger partial charge is 0.229 e. The van der Waals surface area contributed by atoms with Gasteiger partial charge in [-0.2, -0.15) is 4.98 Å². The lowest BCUT2D eigenvalue weighted by Crippen LogP contribution is -2.44. The highest BCUT2D eigenvalue weighted by molar-refractivity contribution is 5.85. The molecule has 0 spiro atoms. The fourth-order valence-corrected chi connectivity index (χ4v) is 3.07. The Morgan fingerprint density at radius 1 is 1.44 bits per heavy atom. The van der Waals surface area contributed by atoms with Crippen LogP contribution in [0.25, 0.3) is 0 Å². The number of hydrogen-bond acceptors (Lipinski definition) is 6. The van der Waals surface area contributed by atoms with E-state index in [9.17, 15) is 13.6 Å². The van der Waals surface area contributed by atoms with Crippen molar-refractivity contribution in [2.45, 2.75) is 25.4 Å². The molecule has 1 aliphatic heterocycles. The van der Waals surface area contributed by atoms with Gasteiger partial charge < -0.3 is 15.2 Å². The quantitative estimate of drug-likeness (QED) is 0.794. The molecule has 2 heterocycles. The van der Waals surface area contributed by atoms with Crippen LogP contribution in [0.1, 0.15) is 36.3 Å². The molecule has 27 heavy (non-hydrogen) atoms. The molecule has 1 aromatic carbocycles. The zero-order chi connectivity index (χ0) is 18.7. The molecule has 1 saturated heterocycles. The van der Waals surface area contributed by atoms with E-state index < -0.39 is 23.6 Å². The summed E-state index contributed by atoms with van der Waals surface area (Å²) in [6, 6.07) is 2.59. The molecule has 1 amide bonds. The Labute approximate surface area is 161 Å². The third-order valence-corrected chi connectivity index (χ3v) is 4.40. The van der Waals surface area contributed by atoms with Crippen LogP contribution in [0, 0.1) is 11.6 Å². The highest BCUT2D eigenvalue weighted by Crippen LogP contribution is 2.25. The number of nitrogens with one attached hydrogen (secondary N) is 2. The molecule has 0 radical (unpaired) electrons. The van der Waals surface area contributed by atoms with E-state index in [1.54, 1.807) is 0 Å². The molecule has 7 nitrogen and oxygen atoms in total. The van der Waals surface area contributed by atoms with E-state index in [1.165, 1.54) is 13.0 Å². The number of hydrogen-bond donors (Lipinski definition) is 2. The van der Waals surface area contributed by atoms with Gasteiger partial charge in [0.25, 0.3) is 0 Å². The molecule has 2 atom stereocenters. The van der Waals surface area contributed by atoms with Crippen molar-refractivity contribution in [2.75, 3.05) is 26.7 Å². The van der Waals surface area contributed by atoms with Crippen molar-refractivity contribution < 1.29 is 18.1 Å². The summed E-state index contributed by atoms with van der Waals surface area (Å²) in [5.41, 5.74) is -0.223. The van der Waals surface area contributed by atoms with Crippen molar-refractivity contribution in [3.63, 3.8) is 0 Å². The van der Waals surface area contributed by atoms with Crippen molar-refractivity contribution in [2.24, 2.45) is 0 Å². The van der Waals surface area contributed by atoms with Gasteiger partial charge >= 0.3 is 0 Å². The number of aromatic nitrogens is 2. The van der Waals surface area contributed by atoms with Crippen LogP contribution < -0.4 is 10.6 Å². The Morgan fingerprint density at radius 2 is 2.15 bits per heavy atom. The average molecular weight is 402 g/mol. The number of nitrogens with zero attached hydrogens (tertiary/aromatic N) is 3. The maximum absolute atomic E-state index is 14.1. The number of piperazine rings is 1. The Hall–Kier alpha value is -2.10. The largest absolute Gasteiger partial charge is 0.349 e. The van der Waals surface area contributed by atoms with Gasteiger partial charge in [0, 0.05) is 32.1 Å². The molecule has 2 aromatic rings. The van der Waals surface area contributed by atoms with Crippen LogP contribution in [0.4, 0.5) is 8.78 Å². The van der Waals surface area contributed by atoms with Crippen LogP contribution in [-0.2, 0) is 11.2 Å². The molecule has 148 valence electrons. The summed E-state index contributed by atoms with van der Waals surface area (Å²) in [5, 5.41) is 9.81. The maximum Gasteiger partial charge on any atom is 0.229 e. The second-order valence-electron chi connectivity index (χ2n) is 6.34. The number of likely N-dealkylation sites (N-methyl/N-ethyl adjacent to an activating group) is 1. The van der Waals surface area contributed by atoms with Gasteiger partial charge in [-0.05, 0) is 19.2 Å². The van der Waals surface area contributed by atoms with Gasteiger partial charge in [0.05, 0.1) is 18.5 Å². The van der Waals surface area contributed by atoms with E-state index in [-0.39, 0.29) is 36.3 Å². The van der Waals surface area contributed by atoms with Crippen LogP contribution >= 0.6 is 12.4 Å². The van der Waals surface area contributed by atoms with Gasteiger partial charge in [-0.25, -0.2) is 8.78 Å². The predicted octanol–water partition coefficient (Wildman–Crippen LogP) is 1.77. The topological polar surface area (TPSA) is 83.3 Å². The second kappa shape index (κ2) is 9.20. The molecule has 0 saturated carbocycles. The van der Waals surface area contributed by atoms with Crippen LogP contribution in [-0.4, -0.2) is 47.6 Å². The van der Waals surface area contributed by atoms with E-state index in [1.807, 2.05) is 7.05 Å². The molecule has 1 aliphatic rings. The number of rotatable bonds is 5. The lowest BCUT2D eigenvalue weighted by atomic mass is 10.0. The molecule has 1 fully saturated rings. The highest BCUT2D eigenvalue weighted by Gasteiger charge is 2.28. The van der Waals surface area contributed by atoms with Crippen molar-refractivity contribution >= 4 is 18.3 Å². The third-order valence-electron chi connectivity index (χ3n) is 4.40. The first kappa shape index (κ1) is 21.2. The highest BCUT2D eigenvalue weighted by atomic mass is 35.5. The summed E-state index contributed by atoms with van der Waals surface area (Å²) in [4.78, 5) is 18.0. The molecular weight excluding hydrogens is 380 g/mol. The van der Waals surface area contributed by atoms with Gasteiger partial charge in [-0.15, -0.1) is 12.4 Å². The number of carbonyl (C=O) groups excluding carboxylic acids is 1. The molecule has 3 rings (SSSR count). The van der Waals surface area contributed by atoms with Gasteiger partial charge in [-0.3, -0.25) is 9.69 Å². The maximum atomic E-state index is 14.1. The summed E-state index contributed by atoms with van der Waals surface area (Å²) in [7, 11) is 1.97. The van der Waals surface area contributed by atoms with Gasteiger partial charge in [-0.1, -0.05) is 11.2 Å². The first-order valence-corrected chi connectivity index (χ1v) is 8.40. The lowest BCUT2D eigenvalue weighted by molar-refractivity contribution is -0.119. The SMILES string of the molecule is CC(=O)NC(Cc1nc(C2CNCCN2C)no1)c1c(F)cccc1F.Cl. The second-order valence-corrected chi connectivity index (χ2v) is 6.34. The van der Waals surface area contributed by atoms with Crippen LogP contribution in [0.5, 0.6) is 0 Å². The van der Waals surface area contributed by atoms with Crippen molar-refractivity contribution in [1.82, 2.24) is 25.7 Å². The zero-order valence-electron chi connectivity index (χ0n) is 15.0. The summed E-state index contributed by atoms with van der Waals surface area (Å²) >= 11 is 0. The molecule has 10 heteroatoms. The fraction of sp³-hybridized carbons (Fsp3) is 0.471. The Balaban J connectivity index is 0.00000261. The van der Waals surface area contributed by atoms with Crippen molar-refractivity contribution in [3.05, 3.63) is 47.1 Å². The molecule has 2 unspecified atom stereocenters. The van der Waals surface area contributed by atoms with Gasteiger partial charge in [0.1, 0.15) is 11.6 Å². The molecule has 0 bridgehead atoms. The van der Waals surface area contributed by atoms with Crippen LogP contribution in [0.3, 0.4) is 0 Å². The first-order chi connectivity index (χ1) is 12.5. The lowest BCUT2D eigenvalue weighted by Gasteiger charge is -2.30. The summed E-state index contributed by atoms with van der Waals surface area (Å²) in [6.07, 6.45) is -0.00566. The number of amides is 1. The number of halogens is 3. The average Bonchev–Trinajstić information content (AvgIpc) is 3.02. The number of carbonyl (C=O) groups is 1. The standard InChI is InChI=1S/C17H21F2N5O2.ClH/c1-10(25)21-13(16-11(18)4-3-5-12(16)19)8-15-22-17(23-26-15)14-9-20-6-7-24(14)2;/h3-5,13-14,20H,6-9H2,1-2H3,(H,21,25);1H. The minimum absolute atomic E-state index is 0. The van der Waals surface area contributed by atoms with Crippen LogP contribution in [0.2, 0.25) is 0 Å². The Bertz CT molecular complexity index is 768. The fourth-order valence-electron chi connectivity index (χ4n) is 3.07. The van der Waals surface area contributed by atoms with E-state index in [0.29, 0.717) is 12.4 Å². The van der Waals surface area contributed by atoms with E-state index in [4.69, 9.17) is 4.52 Å². The first-order valence-electron chi connectivity index (χ1n) is 8.40. The number of benzene rings is 1. The van der Waals surface area contributed by atoms with Crippen LogP contribution in [0.15, 0.2) is 22.7 Å². The van der Waals surface area contributed by atoms with Crippen molar-refractivity contribution in [3.8, 4) is 0 Å². The Kier molecular flexibility index (Phi) is 7.23. The van der Waals surface area contributed by atoms with E-state index in [0.717, 1.165) is 25.2 Å². The molecule has 0 aliphatic carbocycles. The molecular formula is C17H22ClF2N5O2. The van der Waals surface area contributed by atoms with Crippen molar-refractivity contribution in [1.29, 1.82) is 0 Å². The summed E-state index contributed by atoms with van der Waals surface area (Å²) in [6.45, 7) is 3.71. The third kappa shape index (κ3) is 5.00. The van der Waals surface area contributed by atoms with E-state index in [2.05, 4.69) is 25.7 Å². The minimum atomic E-state index is -0.941. The van der Waals surface area contributed by atoms with Gasteiger partial charge in [0.2, 0.25) is 11.8 Å². The molecule has 2 N–H and O–H groups in total.